The first-order valence-corrected chi connectivity index (χ1v) is 8.50. The standard InChI is InChI=1S/C15H16N2OS2/c1-10(2)15(18)17-14(12-4-6-20-9-12)7-13(16-17)11-3-5-19-8-11/h3-6,8-10,14H,7H2,1-2H3. The summed E-state index contributed by atoms with van der Waals surface area (Å²) < 4.78 is 0. The van der Waals surface area contributed by atoms with Crippen LogP contribution in [0.5, 0.6) is 0 Å². The van der Waals surface area contributed by atoms with Crippen molar-refractivity contribution in [2.45, 2.75) is 26.3 Å². The van der Waals surface area contributed by atoms with Crippen LogP contribution < -0.4 is 0 Å². The third kappa shape index (κ3) is 2.43. The van der Waals surface area contributed by atoms with Crippen LogP contribution in [0, 0.1) is 5.92 Å². The average molecular weight is 304 g/mol. The van der Waals surface area contributed by atoms with E-state index in [1.54, 1.807) is 27.7 Å². The van der Waals surface area contributed by atoms with E-state index in [4.69, 9.17) is 0 Å². The number of hydrogen-bond donors (Lipinski definition) is 0. The van der Waals surface area contributed by atoms with Gasteiger partial charge in [0.2, 0.25) is 5.91 Å². The van der Waals surface area contributed by atoms with Crippen LogP contribution in [0.2, 0.25) is 0 Å². The molecule has 1 amide bonds. The Balaban J connectivity index is 1.94. The van der Waals surface area contributed by atoms with Gasteiger partial charge in [-0.2, -0.15) is 27.8 Å². The van der Waals surface area contributed by atoms with Gasteiger partial charge in [-0.25, -0.2) is 5.01 Å². The fourth-order valence-electron chi connectivity index (χ4n) is 2.31. The summed E-state index contributed by atoms with van der Waals surface area (Å²) in [6.45, 7) is 3.84. The van der Waals surface area contributed by atoms with Crippen LogP contribution in [-0.4, -0.2) is 16.6 Å². The highest BCUT2D eigenvalue weighted by molar-refractivity contribution is 7.08. The molecule has 1 unspecified atom stereocenters. The maximum atomic E-state index is 12.4. The van der Waals surface area contributed by atoms with Gasteiger partial charge in [-0.3, -0.25) is 4.79 Å². The normalized spacial score (nSPS) is 18.6. The van der Waals surface area contributed by atoms with E-state index in [0.29, 0.717) is 0 Å². The Bertz CT molecular complexity index is 614. The average Bonchev–Trinajstić information content (AvgIpc) is 3.16. The van der Waals surface area contributed by atoms with Crippen molar-refractivity contribution in [3.05, 3.63) is 44.8 Å². The number of amides is 1. The molecule has 1 atom stereocenters. The zero-order chi connectivity index (χ0) is 14.1. The minimum atomic E-state index is -0.0401. The van der Waals surface area contributed by atoms with Crippen LogP contribution in [0.3, 0.4) is 0 Å². The van der Waals surface area contributed by atoms with Gasteiger partial charge in [0.05, 0.1) is 11.8 Å². The molecule has 0 fully saturated rings. The van der Waals surface area contributed by atoms with Gasteiger partial charge < -0.3 is 0 Å². The van der Waals surface area contributed by atoms with Gasteiger partial charge in [-0.05, 0) is 39.2 Å². The van der Waals surface area contributed by atoms with Gasteiger partial charge >= 0.3 is 0 Å². The zero-order valence-corrected chi connectivity index (χ0v) is 13.1. The number of hydrogen-bond acceptors (Lipinski definition) is 4. The van der Waals surface area contributed by atoms with Crippen LogP contribution in [0.4, 0.5) is 0 Å². The predicted octanol–water partition coefficient (Wildman–Crippen LogP) is 4.14. The molecule has 0 N–H and O–H groups in total. The van der Waals surface area contributed by atoms with Crippen LogP contribution in [0.1, 0.15) is 37.4 Å². The van der Waals surface area contributed by atoms with Gasteiger partial charge in [0, 0.05) is 17.9 Å². The van der Waals surface area contributed by atoms with Crippen molar-refractivity contribution in [3.8, 4) is 0 Å². The van der Waals surface area contributed by atoms with E-state index >= 15 is 0 Å². The van der Waals surface area contributed by atoms with E-state index in [0.717, 1.165) is 17.7 Å². The van der Waals surface area contributed by atoms with E-state index in [-0.39, 0.29) is 17.9 Å². The van der Waals surface area contributed by atoms with Gasteiger partial charge in [-0.15, -0.1) is 0 Å². The second-order valence-corrected chi connectivity index (χ2v) is 6.73. The summed E-state index contributed by atoms with van der Waals surface area (Å²) in [5, 5.41) is 14.6. The van der Waals surface area contributed by atoms with Crippen molar-refractivity contribution in [3.63, 3.8) is 0 Å². The summed E-state index contributed by atoms with van der Waals surface area (Å²) in [6, 6.07) is 4.20. The topological polar surface area (TPSA) is 32.7 Å². The van der Waals surface area contributed by atoms with E-state index in [2.05, 4.69) is 33.4 Å². The first kappa shape index (κ1) is 13.5. The summed E-state index contributed by atoms with van der Waals surface area (Å²) in [7, 11) is 0. The smallest absolute Gasteiger partial charge is 0.245 e. The lowest BCUT2D eigenvalue weighted by Crippen LogP contribution is -2.30. The van der Waals surface area contributed by atoms with Crippen LogP contribution in [0.15, 0.2) is 38.8 Å². The molecule has 3 nitrogen and oxygen atoms in total. The van der Waals surface area contributed by atoms with Crippen molar-refractivity contribution in [2.75, 3.05) is 0 Å². The Morgan fingerprint density at radius 1 is 1.30 bits per heavy atom. The van der Waals surface area contributed by atoms with Crippen LogP contribution >= 0.6 is 22.7 Å². The molecule has 1 aliphatic heterocycles. The summed E-state index contributed by atoms with van der Waals surface area (Å²) in [6.07, 6.45) is 0.798. The third-order valence-corrected chi connectivity index (χ3v) is 4.80. The lowest BCUT2D eigenvalue weighted by atomic mass is 10.0. The van der Waals surface area contributed by atoms with Crippen molar-refractivity contribution in [2.24, 2.45) is 11.0 Å². The van der Waals surface area contributed by atoms with Crippen molar-refractivity contribution in [1.82, 2.24) is 5.01 Å². The van der Waals surface area contributed by atoms with Gasteiger partial charge in [0.25, 0.3) is 0 Å². The zero-order valence-electron chi connectivity index (χ0n) is 11.4. The predicted molar refractivity (Wildman–Crippen MR) is 84.2 cm³/mol. The molecule has 1 aliphatic rings. The Morgan fingerprint density at radius 2 is 2.05 bits per heavy atom. The number of carbonyl (C=O) groups excluding carboxylic acids is 1. The highest BCUT2D eigenvalue weighted by atomic mass is 32.1. The van der Waals surface area contributed by atoms with Crippen molar-refractivity contribution in [1.29, 1.82) is 0 Å². The van der Waals surface area contributed by atoms with Crippen molar-refractivity contribution >= 4 is 34.3 Å². The first-order chi connectivity index (χ1) is 9.66. The largest absolute Gasteiger partial charge is 0.273 e. The third-order valence-electron chi connectivity index (χ3n) is 3.41. The van der Waals surface area contributed by atoms with Gasteiger partial charge in [0.15, 0.2) is 0 Å². The SMILES string of the molecule is CC(C)C(=O)N1N=C(c2ccsc2)CC1c1ccsc1. The second kappa shape index (κ2) is 5.50. The fraction of sp³-hybridized carbons (Fsp3) is 0.333. The Morgan fingerprint density at radius 3 is 2.65 bits per heavy atom. The molecule has 2 aromatic heterocycles. The van der Waals surface area contributed by atoms with Crippen LogP contribution in [0.25, 0.3) is 0 Å². The van der Waals surface area contributed by atoms with Gasteiger partial charge in [-0.1, -0.05) is 13.8 Å². The molecule has 3 heterocycles. The lowest BCUT2D eigenvalue weighted by molar-refractivity contribution is -0.136. The minimum Gasteiger partial charge on any atom is -0.273 e. The van der Waals surface area contributed by atoms with E-state index < -0.39 is 0 Å². The number of rotatable bonds is 3. The molecular weight excluding hydrogens is 288 g/mol. The monoisotopic (exact) mass is 304 g/mol. The van der Waals surface area contributed by atoms with E-state index in [1.807, 2.05) is 19.2 Å². The molecule has 0 saturated heterocycles. The molecule has 104 valence electrons. The number of thiophene rings is 2. The molecule has 0 aliphatic carbocycles. The molecule has 0 saturated carbocycles. The summed E-state index contributed by atoms with van der Waals surface area (Å²) in [5.41, 5.74) is 3.32. The molecule has 0 spiro atoms. The second-order valence-electron chi connectivity index (χ2n) is 5.17. The molecule has 0 radical (unpaired) electrons. The molecule has 5 heteroatoms. The Hall–Kier alpha value is -1.46. The van der Waals surface area contributed by atoms with E-state index in [9.17, 15) is 4.79 Å². The quantitative estimate of drug-likeness (QED) is 0.838. The Labute approximate surface area is 126 Å². The molecule has 20 heavy (non-hydrogen) atoms. The molecule has 2 aromatic rings. The molecular formula is C15H16N2OS2. The molecule has 0 bridgehead atoms. The number of hydrazone groups is 1. The summed E-state index contributed by atoms with van der Waals surface area (Å²) >= 11 is 3.32. The van der Waals surface area contributed by atoms with Gasteiger partial charge in [0.1, 0.15) is 0 Å². The summed E-state index contributed by atoms with van der Waals surface area (Å²) in [4.78, 5) is 12.4. The van der Waals surface area contributed by atoms with Crippen molar-refractivity contribution < 1.29 is 4.79 Å². The number of nitrogens with zero attached hydrogens (tertiary/aromatic N) is 2. The fourth-order valence-corrected chi connectivity index (χ4v) is 3.68. The number of carbonyl (C=O) groups is 1. The first-order valence-electron chi connectivity index (χ1n) is 6.62. The maximum Gasteiger partial charge on any atom is 0.245 e. The highest BCUT2D eigenvalue weighted by Gasteiger charge is 2.34. The summed E-state index contributed by atoms with van der Waals surface area (Å²) in [5.74, 6) is 0.0492. The Kier molecular flexibility index (Phi) is 3.72. The molecule has 3 rings (SSSR count). The molecule has 0 aromatic carbocycles. The van der Waals surface area contributed by atoms with E-state index in [1.165, 1.54) is 5.56 Å². The van der Waals surface area contributed by atoms with Crippen LogP contribution in [-0.2, 0) is 4.79 Å². The maximum absolute atomic E-state index is 12.4. The highest BCUT2D eigenvalue weighted by Crippen LogP contribution is 2.35. The minimum absolute atomic E-state index is 0.0401. The lowest BCUT2D eigenvalue weighted by Gasteiger charge is -2.22.